The molecule has 1 N–H and O–H groups in total. The van der Waals surface area contributed by atoms with Gasteiger partial charge in [-0.1, -0.05) is 30.3 Å². The number of carbonyl (C=O) groups is 1. The minimum Gasteiger partial charge on any atom is -0.493 e. The van der Waals surface area contributed by atoms with Gasteiger partial charge < -0.3 is 24.4 Å². The smallest absolute Gasteiger partial charge is 0.246 e. The van der Waals surface area contributed by atoms with Crippen LogP contribution in [-0.2, 0) is 26.0 Å². The van der Waals surface area contributed by atoms with Gasteiger partial charge in [-0.25, -0.2) is 8.42 Å². The Kier molecular flexibility index (Phi) is 12.9. The minimum atomic E-state index is -3.74. The lowest BCUT2D eigenvalue weighted by Crippen LogP contribution is -2.39. The third-order valence-electron chi connectivity index (χ3n) is 8.11. The lowest BCUT2D eigenvalue weighted by atomic mass is 9.76. The van der Waals surface area contributed by atoms with Gasteiger partial charge in [0.1, 0.15) is 6.61 Å². The average molecular weight is 590 g/mol. The molecule has 0 bridgehead atoms. The van der Waals surface area contributed by atoms with Crippen molar-refractivity contribution in [3.63, 3.8) is 0 Å². The van der Waals surface area contributed by atoms with Gasteiger partial charge in [0.25, 0.3) is 0 Å². The number of hydrogen-bond donors (Lipinski definition) is 1. The van der Waals surface area contributed by atoms with E-state index in [-0.39, 0.29) is 30.6 Å². The van der Waals surface area contributed by atoms with Crippen LogP contribution in [0.5, 0.6) is 11.5 Å². The molecule has 0 aliphatic heterocycles. The topological polar surface area (TPSA) is 97.4 Å². The molecule has 3 rings (SSSR count). The van der Waals surface area contributed by atoms with E-state index in [4.69, 9.17) is 14.2 Å². The fourth-order valence-corrected chi connectivity index (χ4v) is 6.77. The summed E-state index contributed by atoms with van der Waals surface area (Å²) in [5, 5.41) is 3.00. The number of carbonyl (C=O) groups excluding carboxylic acids is 1. The van der Waals surface area contributed by atoms with Crippen molar-refractivity contribution < 1.29 is 27.4 Å². The number of nitrogens with one attached hydrogen (secondary N) is 1. The second-order valence-electron chi connectivity index (χ2n) is 11.0. The predicted octanol–water partition coefficient (Wildman–Crippen LogP) is 3.83. The molecule has 0 radical (unpaired) electrons. The van der Waals surface area contributed by atoms with Crippen LogP contribution < -0.4 is 14.8 Å². The molecule has 1 unspecified atom stereocenters. The van der Waals surface area contributed by atoms with Crippen LogP contribution in [0.4, 0.5) is 0 Å². The summed E-state index contributed by atoms with van der Waals surface area (Å²) in [6.45, 7) is 0.780. The maximum absolute atomic E-state index is 12.9. The molecular weight excluding hydrogens is 542 g/mol. The maximum atomic E-state index is 12.9. The van der Waals surface area contributed by atoms with Gasteiger partial charge in [-0.05, 0) is 82.2 Å². The molecule has 228 valence electrons. The van der Waals surface area contributed by atoms with E-state index in [2.05, 4.69) is 54.6 Å². The quantitative estimate of drug-likeness (QED) is 0.297. The SMILES string of the molecule is COc1ccc(S(=O)(=O)N(C)CCOCC(=O)NCC2CCC(C(CCc3ccccc3)N(C)C)CC2)cc1OC. The van der Waals surface area contributed by atoms with E-state index in [1.165, 1.54) is 56.1 Å². The number of aryl methyl sites for hydroxylation is 1. The number of ether oxygens (including phenoxy) is 3. The van der Waals surface area contributed by atoms with Crippen LogP contribution in [0, 0.1) is 11.8 Å². The van der Waals surface area contributed by atoms with Gasteiger partial charge in [0.05, 0.1) is 25.7 Å². The molecule has 0 aromatic heterocycles. The van der Waals surface area contributed by atoms with Crippen molar-refractivity contribution in [2.24, 2.45) is 11.8 Å². The van der Waals surface area contributed by atoms with E-state index >= 15 is 0 Å². The minimum absolute atomic E-state index is 0.0955. The molecule has 1 aliphatic rings. The molecule has 0 heterocycles. The van der Waals surface area contributed by atoms with E-state index < -0.39 is 10.0 Å². The van der Waals surface area contributed by atoms with Crippen molar-refractivity contribution in [1.82, 2.24) is 14.5 Å². The molecule has 1 fully saturated rings. The summed E-state index contributed by atoms with van der Waals surface area (Å²) in [5.41, 5.74) is 1.39. The van der Waals surface area contributed by atoms with Crippen LogP contribution in [-0.4, -0.2) is 91.2 Å². The van der Waals surface area contributed by atoms with Crippen LogP contribution in [0.1, 0.15) is 37.7 Å². The number of benzene rings is 2. The van der Waals surface area contributed by atoms with Gasteiger partial charge in [0.2, 0.25) is 15.9 Å². The Morgan fingerprint density at radius 1 is 0.976 bits per heavy atom. The zero-order valence-electron chi connectivity index (χ0n) is 25.2. The Morgan fingerprint density at radius 3 is 2.29 bits per heavy atom. The lowest BCUT2D eigenvalue weighted by Gasteiger charge is -2.37. The normalized spacial score (nSPS) is 18.3. The monoisotopic (exact) mass is 589 g/mol. The summed E-state index contributed by atoms with van der Waals surface area (Å²) < 4.78 is 42.9. The highest BCUT2D eigenvalue weighted by Crippen LogP contribution is 2.34. The molecule has 2 aromatic carbocycles. The first-order valence-corrected chi connectivity index (χ1v) is 15.8. The first-order chi connectivity index (χ1) is 19.6. The largest absolute Gasteiger partial charge is 0.493 e. The molecule has 0 spiro atoms. The zero-order valence-corrected chi connectivity index (χ0v) is 26.0. The summed E-state index contributed by atoms with van der Waals surface area (Å²) >= 11 is 0. The van der Waals surface area contributed by atoms with Gasteiger partial charge in [0, 0.05) is 32.2 Å². The van der Waals surface area contributed by atoms with Gasteiger partial charge in [-0.3, -0.25) is 4.79 Å². The first kappa shape index (κ1) is 32.8. The van der Waals surface area contributed by atoms with Gasteiger partial charge in [-0.2, -0.15) is 4.31 Å². The highest BCUT2D eigenvalue weighted by Gasteiger charge is 2.29. The second kappa shape index (κ2) is 16.1. The van der Waals surface area contributed by atoms with Crippen LogP contribution in [0.25, 0.3) is 0 Å². The highest BCUT2D eigenvalue weighted by atomic mass is 32.2. The number of amides is 1. The molecule has 2 aromatic rings. The fraction of sp³-hybridized carbons (Fsp3) is 0.581. The molecule has 1 atom stereocenters. The number of likely N-dealkylation sites (N-methyl/N-ethyl adjacent to an activating group) is 1. The van der Waals surface area contributed by atoms with Crippen molar-refractivity contribution in [3.05, 3.63) is 54.1 Å². The molecule has 0 saturated heterocycles. The van der Waals surface area contributed by atoms with Crippen molar-refractivity contribution in [2.45, 2.75) is 49.5 Å². The predicted molar refractivity (Wildman–Crippen MR) is 161 cm³/mol. The number of hydrogen-bond acceptors (Lipinski definition) is 7. The number of rotatable bonds is 16. The third-order valence-corrected chi connectivity index (χ3v) is 9.96. The zero-order chi connectivity index (χ0) is 29.8. The Hall–Kier alpha value is -2.66. The van der Waals surface area contributed by atoms with E-state index in [0.717, 1.165) is 25.7 Å². The molecular formula is C31H47N3O6S. The molecule has 1 amide bonds. The van der Waals surface area contributed by atoms with E-state index in [1.807, 2.05) is 0 Å². The van der Waals surface area contributed by atoms with Crippen molar-refractivity contribution in [2.75, 3.05) is 61.7 Å². The van der Waals surface area contributed by atoms with Crippen molar-refractivity contribution in [1.29, 1.82) is 0 Å². The summed E-state index contributed by atoms with van der Waals surface area (Å²) in [5.74, 6) is 1.77. The molecule has 41 heavy (non-hydrogen) atoms. The second-order valence-corrected chi connectivity index (χ2v) is 13.1. The van der Waals surface area contributed by atoms with Crippen LogP contribution in [0.2, 0.25) is 0 Å². The summed E-state index contributed by atoms with van der Waals surface area (Å²) in [7, 11) is 5.06. The maximum Gasteiger partial charge on any atom is 0.246 e. The molecule has 9 nitrogen and oxygen atoms in total. The number of methoxy groups -OCH3 is 2. The fourth-order valence-electron chi connectivity index (χ4n) is 5.60. The van der Waals surface area contributed by atoms with Gasteiger partial charge in [0.15, 0.2) is 11.5 Å². The van der Waals surface area contributed by atoms with Crippen molar-refractivity contribution in [3.8, 4) is 11.5 Å². The summed E-state index contributed by atoms with van der Waals surface area (Å²) in [6.07, 6.45) is 6.83. The number of nitrogens with zero attached hydrogens (tertiary/aromatic N) is 2. The summed E-state index contributed by atoms with van der Waals surface area (Å²) in [6, 6.07) is 15.7. The molecule has 1 aliphatic carbocycles. The lowest BCUT2D eigenvalue weighted by molar-refractivity contribution is -0.126. The first-order valence-electron chi connectivity index (χ1n) is 14.4. The summed E-state index contributed by atoms with van der Waals surface area (Å²) in [4.78, 5) is 14.8. The third kappa shape index (κ3) is 9.70. The Labute approximate surface area is 246 Å². The van der Waals surface area contributed by atoms with E-state index in [0.29, 0.717) is 35.9 Å². The standard InChI is InChI=1S/C31H47N3O6S/c1-33(2)28(17-13-24-9-7-6-8-10-24)26-14-11-25(12-15-26)22-32-31(35)23-40-20-19-34(3)41(36,37)27-16-18-29(38-4)30(21-27)39-5/h6-10,16,18,21,25-26,28H,11-15,17,19-20,22-23H2,1-5H3,(H,32,35). The molecule has 10 heteroatoms. The molecule has 1 saturated carbocycles. The number of sulfonamides is 1. The van der Waals surface area contributed by atoms with E-state index in [9.17, 15) is 13.2 Å². The Balaban J connectivity index is 1.34. The van der Waals surface area contributed by atoms with Crippen LogP contribution in [0.15, 0.2) is 53.4 Å². The Bertz CT molecular complexity index is 1180. The van der Waals surface area contributed by atoms with Gasteiger partial charge in [-0.15, -0.1) is 0 Å². The van der Waals surface area contributed by atoms with Gasteiger partial charge >= 0.3 is 0 Å². The van der Waals surface area contributed by atoms with E-state index in [1.54, 1.807) is 6.07 Å². The van der Waals surface area contributed by atoms with Crippen LogP contribution in [0.3, 0.4) is 0 Å². The highest BCUT2D eigenvalue weighted by molar-refractivity contribution is 7.89. The van der Waals surface area contributed by atoms with Crippen molar-refractivity contribution >= 4 is 15.9 Å². The Morgan fingerprint density at radius 2 is 1.66 bits per heavy atom. The van der Waals surface area contributed by atoms with Crippen LogP contribution >= 0.6 is 0 Å². The average Bonchev–Trinajstić information content (AvgIpc) is 2.98.